The molecule has 0 saturated heterocycles. The summed E-state index contributed by atoms with van der Waals surface area (Å²) < 4.78 is 4.87. The maximum atomic E-state index is 5.74. The van der Waals surface area contributed by atoms with Crippen LogP contribution in [0, 0.1) is 6.92 Å². The van der Waals surface area contributed by atoms with Crippen LogP contribution in [0.2, 0.25) is 0 Å². The molecule has 4 nitrogen and oxygen atoms in total. The second-order valence-electron chi connectivity index (χ2n) is 2.92. The summed E-state index contributed by atoms with van der Waals surface area (Å²) in [7, 11) is 1.64. The molecule has 1 aromatic heterocycles. The van der Waals surface area contributed by atoms with Crippen LogP contribution < -0.4 is 5.73 Å². The van der Waals surface area contributed by atoms with Gasteiger partial charge in [0.2, 0.25) is 0 Å². The lowest BCUT2D eigenvalue weighted by molar-refractivity contribution is 0.208. The third-order valence-corrected chi connectivity index (χ3v) is 1.73. The number of aliphatic imine (C=N–C) groups is 1. The number of aromatic nitrogens is 1. The first-order valence-electron chi connectivity index (χ1n) is 4.47. The monoisotopic (exact) mass is 193 g/mol. The molecule has 0 unspecified atom stereocenters. The van der Waals surface area contributed by atoms with Crippen molar-refractivity contribution in [2.45, 2.75) is 6.92 Å². The first-order chi connectivity index (χ1) is 6.74. The molecular formula is C10H15N3O. The van der Waals surface area contributed by atoms with E-state index in [9.17, 15) is 0 Å². The molecule has 0 radical (unpaired) electrons. The molecule has 1 heterocycles. The van der Waals surface area contributed by atoms with Gasteiger partial charge in [0.15, 0.2) is 0 Å². The van der Waals surface area contributed by atoms with Gasteiger partial charge in [0, 0.05) is 12.8 Å². The molecule has 0 fully saturated rings. The molecule has 1 aromatic rings. The van der Waals surface area contributed by atoms with E-state index in [2.05, 4.69) is 9.98 Å². The van der Waals surface area contributed by atoms with Gasteiger partial charge in [-0.2, -0.15) is 0 Å². The van der Waals surface area contributed by atoms with E-state index in [1.807, 2.05) is 25.1 Å². The van der Waals surface area contributed by atoms with Crippen molar-refractivity contribution in [1.29, 1.82) is 0 Å². The van der Waals surface area contributed by atoms with Crippen LogP contribution in [0.1, 0.15) is 11.4 Å². The lowest BCUT2D eigenvalue weighted by atomic mass is 10.3. The number of rotatable bonds is 4. The number of nitrogens with zero attached hydrogens (tertiary/aromatic N) is 2. The largest absolute Gasteiger partial charge is 0.383 e. The summed E-state index contributed by atoms with van der Waals surface area (Å²) >= 11 is 0. The highest BCUT2D eigenvalue weighted by Crippen LogP contribution is 1.97. The molecule has 0 spiro atoms. The Morgan fingerprint density at radius 1 is 1.57 bits per heavy atom. The number of methoxy groups -OCH3 is 1. The first-order valence-corrected chi connectivity index (χ1v) is 4.47. The van der Waals surface area contributed by atoms with Crippen LogP contribution >= 0.6 is 0 Å². The molecule has 14 heavy (non-hydrogen) atoms. The van der Waals surface area contributed by atoms with Crippen LogP contribution in [0.4, 0.5) is 0 Å². The average Bonchev–Trinajstić information content (AvgIpc) is 2.18. The molecule has 0 aliphatic carbocycles. The van der Waals surface area contributed by atoms with Gasteiger partial charge in [-0.05, 0) is 19.1 Å². The Hall–Kier alpha value is -1.42. The van der Waals surface area contributed by atoms with Crippen molar-refractivity contribution >= 4 is 5.84 Å². The Bertz CT molecular complexity index is 323. The van der Waals surface area contributed by atoms with Crippen molar-refractivity contribution in [2.24, 2.45) is 10.7 Å². The van der Waals surface area contributed by atoms with Gasteiger partial charge in [0.1, 0.15) is 11.5 Å². The molecular weight excluding hydrogens is 178 g/mol. The molecule has 0 aliphatic rings. The lowest BCUT2D eigenvalue weighted by Crippen LogP contribution is -2.16. The van der Waals surface area contributed by atoms with E-state index in [-0.39, 0.29) is 0 Å². The predicted molar refractivity (Wildman–Crippen MR) is 56.4 cm³/mol. The molecule has 0 aliphatic heterocycles. The molecule has 0 saturated carbocycles. The van der Waals surface area contributed by atoms with Crippen LogP contribution in [0.5, 0.6) is 0 Å². The van der Waals surface area contributed by atoms with Gasteiger partial charge in [0.25, 0.3) is 0 Å². The van der Waals surface area contributed by atoms with Crippen molar-refractivity contribution in [3.05, 3.63) is 29.6 Å². The number of pyridine rings is 1. The molecule has 0 amide bonds. The van der Waals surface area contributed by atoms with Crippen molar-refractivity contribution < 1.29 is 4.74 Å². The fourth-order valence-corrected chi connectivity index (χ4v) is 1.02. The van der Waals surface area contributed by atoms with E-state index in [1.165, 1.54) is 0 Å². The Morgan fingerprint density at radius 2 is 2.36 bits per heavy atom. The fourth-order valence-electron chi connectivity index (χ4n) is 1.02. The second kappa shape index (κ2) is 5.34. The topological polar surface area (TPSA) is 60.5 Å². The van der Waals surface area contributed by atoms with Gasteiger partial charge < -0.3 is 10.5 Å². The summed E-state index contributed by atoms with van der Waals surface area (Å²) in [4.78, 5) is 8.39. The lowest BCUT2D eigenvalue weighted by Gasteiger charge is -2.01. The molecule has 76 valence electrons. The molecule has 0 atom stereocenters. The van der Waals surface area contributed by atoms with Crippen LogP contribution in [-0.4, -0.2) is 31.1 Å². The Balaban J connectivity index is 2.68. The Morgan fingerprint density at radius 3 is 3.00 bits per heavy atom. The molecule has 4 heteroatoms. The third kappa shape index (κ3) is 3.14. The summed E-state index contributed by atoms with van der Waals surface area (Å²) in [6.45, 7) is 3.07. The molecule has 0 bridgehead atoms. The summed E-state index contributed by atoms with van der Waals surface area (Å²) in [6.07, 6.45) is 0. The van der Waals surface area contributed by atoms with E-state index in [4.69, 9.17) is 10.5 Å². The van der Waals surface area contributed by atoms with E-state index >= 15 is 0 Å². The Labute approximate surface area is 83.8 Å². The Kier molecular flexibility index (Phi) is 4.07. The van der Waals surface area contributed by atoms with Crippen LogP contribution in [0.15, 0.2) is 23.2 Å². The van der Waals surface area contributed by atoms with Crippen molar-refractivity contribution in [1.82, 2.24) is 4.98 Å². The maximum Gasteiger partial charge on any atom is 0.144 e. The quantitative estimate of drug-likeness (QED) is 0.436. The second-order valence-corrected chi connectivity index (χ2v) is 2.92. The van der Waals surface area contributed by atoms with Gasteiger partial charge in [0.05, 0.1) is 13.2 Å². The number of hydrogen-bond donors (Lipinski definition) is 1. The van der Waals surface area contributed by atoms with Gasteiger partial charge in [-0.25, -0.2) is 4.98 Å². The molecule has 0 aromatic carbocycles. The van der Waals surface area contributed by atoms with Gasteiger partial charge in [-0.3, -0.25) is 4.99 Å². The zero-order valence-corrected chi connectivity index (χ0v) is 8.53. The van der Waals surface area contributed by atoms with Crippen molar-refractivity contribution in [3.63, 3.8) is 0 Å². The van der Waals surface area contributed by atoms with E-state index in [0.717, 1.165) is 11.4 Å². The summed E-state index contributed by atoms with van der Waals surface area (Å²) in [6, 6.07) is 5.68. The highest BCUT2D eigenvalue weighted by molar-refractivity contribution is 5.95. The average molecular weight is 193 g/mol. The summed E-state index contributed by atoms with van der Waals surface area (Å²) in [5.74, 6) is 0.464. The minimum absolute atomic E-state index is 0.464. The van der Waals surface area contributed by atoms with E-state index < -0.39 is 0 Å². The zero-order valence-electron chi connectivity index (χ0n) is 8.53. The minimum Gasteiger partial charge on any atom is -0.383 e. The van der Waals surface area contributed by atoms with Gasteiger partial charge in [-0.1, -0.05) is 6.07 Å². The third-order valence-electron chi connectivity index (χ3n) is 1.73. The van der Waals surface area contributed by atoms with Gasteiger partial charge in [-0.15, -0.1) is 0 Å². The van der Waals surface area contributed by atoms with E-state index in [1.54, 1.807) is 7.11 Å². The van der Waals surface area contributed by atoms with Crippen molar-refractivity contribution in [2.75, 3.05) is 20.3 Å². The minimum atomic E-state index is 0.464. The van der Waals surface area contributed by atoms with Crippen LogP contribution in [0.25, 0.3) is 0 Å². The number of amidine groups is 1. The summed E-state index contributed by atoms with van der Waals surface area (Å²) in [5.41, 5.74) is 7.40. The fraction of sp³-hybridized carbons (Fsp3) is 0.400. The van der Waals surface area contributed by atoms with Gasteiger partial charge >= 0.3 is 0 Å². The number of nitrogens with two attached hydrogens (primary N) is 1. The normalized spacial score (nSPS) is 11.7. The van der Waals surface area contributed by atoms with Crippen LogP contribution in [-0.2, 0) is 4.74 Å². The van der Waals surface area contributed by atoms with E-state index in [0.29, 0.717) is 19.0 Å². The summed E-state index contributed by atoms with van der Waals surface area (Å²) in [5, 5.41) is 0. The highest BCUT2D eigenvalue weighted by Gasteiger charge is 1.98. The maximum absolute atomic E-state index is 5.74. The molecule has 2 N–H and O–H groups in total. The first kappa shape index (κ1) is 10.7. The predicted octanol–water partition coefficient (Wildman–Crippen LogP) is 0.742. The standard InChI is InChI=1S/C10H15N3O/c1-8-4-3-5-9(13-8)10(11)12-6-7-14-2/h3-5H,6-7H2,1-2H3,(H2,11,12). The smallest absolute Gasteiger partial charge is 0.144 e. The van der Waals surface area contributed by atoms with Crippen molar-refractivity contribution in [3.8, 4) is 0 Å². The number of hydrogen-bond acceptors (Lipinski definition) is 3. The zero-order chi connectivity index (χ0) is 10.4. The van der Waals surface area contributed by atoms with Crippen LogP contribution in [0.3, 0.4) is 0 Å². The number of ether oxygens (including phenoxy) is 1. The SMILES string of the molecule is COCCN=C(N)c1cccc(C)n1. The number of aryl methyl sites for hydroxylation is 1. The highest BCUT2D eigenvalue weighted by atomic mass is 16.5. The molecule has 1 rings (SSSR count).